The van der Waals surface area contributed by atoms with Crippen LogP contribution >= 0.6 is 12.2 Å². The zero-order chi connectivity index (χ0) is 16.1. The third-order valence-corrected chi connectivity index (χ3v) is 3.45. The number of nitrogens with two attached hydrogens (primary N) is 1. The van der Waals surface area contributed by atoms with Crippen LogP contribution in [0.3, 0.4) is 0 Å². The highest BCUT2D eigenvalue weighted by Crippen LogP contribution is 2.31. The van der Waals surface area contributed by atoms with Crippen LogP contribution in [0.1, 0.15) is 48.7 Å². The van der Waals surface area contributed by atoms with Gasteiger partial charge >= 0.3 is 0 Å². The molecule has 0 unspecified atom stereocenters. The van der Waals surface area contributed by atoms with Crippen molar-refractivity contribution in [2.45, 2.75) is 39.5 Å². The quantitative estimate of drug-likeness (QED) is 0.483. The van der Waals surface area contributed by atoms with Crippen LogP contribution in [0.2, 0.25) is 0 Å². The van der Waals surface area contributed by atoms with Gasteiger partial charge in [-0.1, -0.05) is 0 Å². The molecule has 0 fully saturated rings. The zero-order valence-electron chi connectivity index (χ0n) is 13.1. The topological polar surface area (TPSA) is 76.7 Å². The fourth-order valence-electron chi connectivity index (χ4n) is 2.27. The van der Waals surface area contributed by atoms with Crippen molar-refractivity contribution >= 4 is 23.0 Å². The maximum atomic E-state index is 5.78. The number of thiocarbonyl (C=S) groups is 1. The van der Waals surface area contributed by atoms with Crippen molar-refractivity contribution in [3.63, 3.8) is 0 Å². The molecule has 0 aromatic carbocycles. The molecule has 0 saturated heterocycles. The Morgan fingerprint density at radius 1 is 1.18 bits per heavy atom. The number of hydrazone groups is 1. The Labute approximate surface area is 135 Å². The van der Waals surface area contributed by atoms with E-state index in [0.717, 1.165) is 41.6 Å². The average molecular weight is 319 g/mol. The van der Waals surface area contributed by atoms with E-state index in [-0.39, 0.29) is 11.0 Å². The zero-order valence-corrected chi connectivity index (χ0v) is 13.9. The number of hydrogen-bond acceptors (Lipinski definition) is 4. The average Bonchev–Trinajstić information content (AvgIpc) is 3.06. The largest absolute Gasteiger partial charge is 0.466 e. The molecule has 0 radical (unpaired) electrons. The lowest BCUT2D eigenvalue weighted by Gasteiger charge is -2.12. The van der Waals surface area contributed by atoms with Crippen molar-refractivity contribution in [3.05, 3.63) is 47.3 Å². The van der Waals surface area contributed by atoms with Gasteiger partial charge in [0.1, 0.15) is 23.0 Å². The molecular weight excluding hydrogens is 298 g/mol. The van der Waals surface area contributed by atoms with E-state index in [1.165, 1.54) is 0 Å². The number of rotatable bonds is 6. The van der Waals surface area contributed by atoms with Gasteiger partial charge in [0.25, 0.3) is 0 Å². The van der Waals surface area contributed by atoms with Crippen LogP contribution in [0, 0.1) is 13.8 Å². The second-order valence-electron chi connectivity index (χ2n) is 5.31. The third kappa shape index (κ3) is 4.46. The molecule has 0 amide bonds. The van der Waals surface area contributed by atoms with E-state index < -0.39 is 0 Å². The Balaban J connectivity index is 2.12. The summed E-state index contributed by atoms with van der Waals surface area (Å²) in [5.41, 5.74) is 8.90. The smallest absolute Gasteiger partial charge is 0.184 e. The van der Waals surface area contributed by atoms with Crippen LogP contribution < -0.4 is 11.2 Å². The predicted octanol–water partition coefficient (Wildman–Crippen LogP) is 3.61. The lowest BCUT2D eigenvalue weighted by Crippen LogP contribution is -2.25. The maximum Gasteiger partial charge on any atom is 0.184 e. The summed E-state index contributed by atoms with van der Waals surface area (Å²) in [5, 5.41) is 4.30. The summed E-state index contributed by atoms with van der Waals surface area (Å²) >= 11 is 4.74. The molecule has 3 N–H and O–H groups in total. The second kappa shape index (κ2) is 7.26. The molecule has 0 aliphatic heterocycles. The normalized spacial score (nSPS) is 11.9. The number of aryl methyl sites for hydroxylation is 2. The number of furan rings is 2. The standard InChI is InChI=1S/C16H21N3O2S/c1-10(18-19-16(17)22)4-7-13(14-8-5-11(2)20-14)15-9-6-12(3)21-15/h5-6,8-9,13H,4,7H2,1-3H3,(H3,17,19,22)/b18-10+. The molecule has 2 aromatic heterocycles. The first-order chi connectivity index (χ1) is 10.5. The van der Waals surface area contributed by atoms with Gasteiger partial charge in [0, 0.05) is 5.71 Å². The summed E-state index contributed by atoms with van der Waals surface area (Å²) in [6.45, 7) is 5.81. The monoisotopic (exact) mass is 319 g/mol. The molecule has 0 aliphatic rings. The minimum atomic E-state index is 0.0670. The van der Waals surface area contributed by atoms with Gasteiger partial charge in [0.15, 0.2) is 5.11 Å². The molecule has 0 aliphatic carbocycles. The van der Waals surface area contributed by atoms with E-state index in [2.05, 4.69) is 10.5 Å². The number of nitrogens with one attached hydrogen (secondary N) is 1. The van der Waals surface area contributed by atoms with Crippen molar-refractivity contribution in [1.29, 1.82) is 0 Å². The molecule has 0 saturated carbocycles. The van der Waals surface area contributed by atoms with Crippen LogP contribution in [0.15, 0.2) is 38.2 Å². The van der Waals surface area contributed by atoms with Crippen molar-refractivity contribution < 1.29 is 8.83 Å². The first-order valence-corrected chi connectivity index (χ1v) is 7.58. The molecule has 118 valence electrons. The Bertz CT molecular complexity index is 632. The van der Waals surface area contributed by atoms with Crippen molar-refractivity contribution in [2.24, 2.45) is 10.8 Å². The van der Waals surface area contributed by atoms with Gasteiger partial charge in [0.2, 0.25) is 0 Å². The Morgan fingerprint density at radius 2 is 1.73 bits per heavy atom. The predicted molar refractivity (Wildman–Crippen MR) is 91.0 cm³/mol. The fraction of sp³-hybridized carbons (Fsp3) is 0.375. The van der Waals surface area contributed by atoms with Crippen LogP contribution in [-0.2, 0) is 0 Å². The Morgan fingerprint density at radius 3 is 2.14 bits per heavy atom. The minimum Gasteiger partial charge on any atom is -0.466 e. The van der Waals surface area contributed by atoms with Crippen LogP contribution in [0.4, 0.5) is 0 Å². The SMILES string of the molecule is C/C(CCC(c1ccc(C)o1)c1ccc(C)o1)=N\NC(N)=S. The first kappa shape index (κ1) is 16.3. The summed E-state index contributed by atoms with van der Waals surface area (Å²) in [7, 11) is 0. The lowest BCUT2D eigenvalue weighted by molar-refractivity contribution is 0.400. The summed E-state index contributed by atoms with van der Waals surface area (Å²) in [6.07, 6.45) is 1.61. The van der Waals surface area contributed by atoms with E-state index in [0.29, 0.717) is 0 Å². The molecule has 22 heavy (non-hydrogen) atoms. The third-order valence-electron chi connectivity index (χ3n) is 3.36. The highest BCUT2D eigenvalue weighted by atomic mass is 32.1. The van der Waals surface area contributed by atoms with Gasteiger partial charge in [-0.25, -0.2) is 0 Å². The van der Waals surface area contributed by atoms with Crippen LogP contribution in [0.5, 0.6) is 0 Å². The molecule has 2 aromatic rings. The molecule has 0 spiro atoms. The molecule has 0 bridgehead atoms. The molecule has 2 heterocycles. The number of hydrogen-bond donors (Lipinski definition) is 2. The summed E-state index contributed by atoms with van der Waals surface area (Å²) < 4.78 is 11.6. The lowest BCUT2D eigenvalue weighted by atomic mass is 9.96. The van der Waals surface area contributed by atoms with E-state index in [1.54, 1.807) is 0 Å². The highest BCUT2D eigenvalue weighted by molar-refractivity contribution is 7.80. The minimum absolute atomic E-state index is 0.0670. The Hall–Kier alpha value is -2.08. The van der Waals surface area contributed by atoms with Gasteiger partial charge < -0.3 is 14.6 Å². The highest BCUT2D eigenvalue weighted by Gasteiger charge is 2.21. The molecule has 2 rings (SSSR count). The van der Waals surface area contributed by atoms with E-state index in [9.17, 15) is 0 Å². The maximum absolute atomic E-state index is 5.78. The summed E-state index contributed by atoms with van der Waals surface area (Å²) in [6, 6.07) is 7.93. The van der Waals surface area contributed by atoms with Gasteiger partial charge in [-0.2, -0.15) is 5.10 Å². The van der Waals surface area contributed by atoms with E-state index >= 15 is 0 Å². The number of nitrogens with zero attached hydrogens (tertiary/aromatic N) is 1. The first-order valence-electron chi connectivity index (χ1n) is 7.17. The second-order valence-corrected chi connectivity index (χ2v) is 5.75. The van der Waals surface area contributed by atoms with E-state index in [4.69, 9.17) is 26.8 Å². The van der Waals surface area contributed by atoms with Gasteiger partial charge in [-0.05, 0) is 70.1 Å². The van der Waals surface area contributed by atoms with E-state index in [1.807, 2.05) is 45.0 Å². The van der Waals surface area contributed by atoms with Gasteiger partial charge in [-0.3, -0.25) is 5.43 Å². The molecule has 5 nitrogen and oxygen atoms in total. The van der Waals surface area contributed by atoms with Gasteiger partial charge in [0.05, 0.1) is 5.92 Å². The molecule has 6 heteroatoms. The van der Waals surface area contributed by atoms with Crippen LogP contribution in [0.25, 0.3) is 0 Å². The summed E-state index contributed by atoms with van der Waals surface area (Å²) in [5.74, 6) is 3.66. The summed E-state index contributed by atoms with van der Waals surface area (Å²) in [4.78, 5) is 0. The van der Waals surface area contributed by atoms with Crippen LogP contribution in [-0.4, -0.2) is 10.8 Å². The van der Waals surface area contributed by atoms with Crippen molar-refractivity contribution in [1.82, 2.24) is 5.43 Å². The Kier molecular flexibility index (Phi) is 5.38. The fourth-order valence-corrected chi connectivity index (χ4v) is 2.31. The molecule has 0 atom stereocenters. The van der Waals surface area contributed by atoms with Crippen molar-refractivity contribution in [2.75, 3.05) is 0 Å². The van der Waals surface area contributed by atoms with Crippen molar-refractivity contribution in [3.8, 4) is 0 Å². The van der Waals surface area contributed by atoms with Gasteiger partial charge in [-0.15, -0.1) is 0 Å². The molecular formula is C16H21N3O2S.